The maximum absolute atomic E-state index is 4.48. The minimum atomic E-state index is 0.325. The number of aryl methyl sites for hydroxylation is 1. The summed E-state index contributed by atoms with van der Waals surface area (Å²) in [6.45, 7) is 6.23. The molecule has 0 saturated heterocycles. The molecule has 0 spiro atoms. The highest BCUT2D eigenvalue weighted by molar-refractivity contribution is 14.1. The molecule has 1 atom stereocenters. The normalized spacial score (nSPS) is 12.6. The van der Waals surface area contributed by atoms with E-state index in [0.29, 0.717) is 6.04 Å². The molecule has 0 amide bonds. The molecule has 0 fully saturated rings. The van der Waals surface area contributed by atoms with Crippen molar-refractivity contribution in [2.24, 2.45) is 0 Å². The van der Waals surface area contributed by atoms with Crippen LogP contribution in [0.1, 0.15) is 31.3 Å². The second-order valence-corrected chi connectivity index (χ2v) is 5.63. The van der Waals surface area contributed by atoms with E-state index in [2.05, 4.69) is 75.6 Å². The van der Waals surface area contributed by atoms with Gasteiger partial charge in [-0.25, -0.2) is 4.98 Å². The zero-order valence-electron chi connectivity index (χ0n) is 11.4. The predicted octanol–water partition coefficient (Wildman–Crippen LogP) is 3.40. The monoisotopic (exact) mass is 369 g/mol. The Balaban J connectivity index is 2.24. The zero-order chi connectivity index (χ0) is 13.7. The standard InChI is InChI=1S/C15H20IN3/c1-3-17-14(12-7-5-6-8-13(12)16)11-15-18-9-10-19(15)4-2/h5-10,14,17H,3-4,11H2,1-2H3. The Hall–Kier alpha value is -0.880. The summed E-state index contributed by atoms with van der Waals surface area (Å²) in [6, 6.07) is 8.88. The van der Waals surface area contributed by atoms with Gasteiger partial charge in [0.1, 0.15) is 5.82 Å². The van der Waals surface area contributed by atoms with Crippen LogP contribution in [0.5, 0.6) is 0 Å². The molecule has 1 heterocycles. The van der Waals surface area contributed by atoms with Gasteiger partial charge in [-0.2, -0.15) is 0 Å². The topological polar surface area (TPSA) is 29.9 Å². The number of aromatic nitrogens is 2. The Morgan fingerprint density at radius 1 is 1.32 bits per heavy atom. The molecule has 0 bridgehead atoms. The highest BCUT2D eigenvalue weighted by Crippen LogP contribution is 2.23. The molecule has 0 saturated carbocycles. The van der Waals surface area contributed by atoms with Crippen molar-refractivity contribution in [1.82, 2.24) is 14.9 Å². The Morgan fingerprint density at radius 3 is 2.79 bits per heavy atom. The number of nitrogens with one attached hydrogen (secondary N) is 1. The number of hydrogen-bond donors (Lipinski definition) is 1. The van der Waals surface area contributed by atoms with Gasteiger partial charge in [0.25, 0.3) is 0 Å². The van der Waals surface area contributed by atoms with Crippen LogP contribution in [0.15, 0.2) is 36.7 Å². The smallest absolute Gasteiger partial charge is 0.110 e. The van der Waals surface area contributed by atoms with Crippen molar-refractivity contribution in [3.05, 3.63) is 51.6 Å². The Morgan fingerprint density at radius 2 is 2.11 bits per heavy atom. The molecule has 102 valence electrons. The number of nitrogens with zero attached hydrogens (tertiary/aromatic N) is 2. The van der Waals surface area contributed by atoms with Gasteiger partial charge in [-0.15, -0.1) is 0 Å². The molecule has 2 rings (SSSR count). The number of benzene rings is 1. The molecule has 4 heteroatoms. The van der Waals surface area contributed by atoms with Gasteiger partial charge in [-0.05, 0) is 47.7 Å². The van der Waals surface area contributed by atoms with E-state index in [-0.39, 0.29) is 0 Å². The Bertz CT molecular complexity index is 522. The summed E-state index contributed by atoms with van der Waals surface area (Å²) in [5, 5.41) is 3.57. The van der Waals surface area contributed by atoms with Gasteiger partial charge in [-0.1, -0.05) is 25.1 Å². The minimum absolute atomic E-state index is 0.325. The van der Waals surface area contributed by atoms with Crippen LogP contribution in [-0.4, -0.2) is 16.1 Å². The van der Waals surface area contributed by atoms with Crippen molar-refractivity contribution in [2.75, 3.05) is 6.54 Å². The lowest BCUT2D eigenvalue weighted by Gasteiger charge is -2.20. The quantitative estimate of drug-likeness (QED) is 0.791. The molecule has 3 nitrogen and oxygen atoms in total. The van der Waals surface area contributed by atoms with Crippen LogP contribution in [0.3, 0.4) is 0 Å². The maximum atomic E-state index is 4.48. The van der Waals surface area contributed by atoms with E-state index in [4.69, 9.17) is 0 Å². The first-order chi connectivity index (χ1) is 9.26. The van der Waals surface area contributed by atoms with Gasteiger partial charge in [0, 0.05) is 35.0 Å². The third-order valence-electron chi connectivity index (χ3n) is 3.26. The average Bonchev–Trinajstić information content (AvgIpc) is 2.86. The summed E-state index contributed by atoms with van der Waals surface area (Å²) in [7, 11) is 0. The van der Waals surface area contributed by atoms with Crippen LogP contribution in [0, 0.1) is 3.57 Å². The second-order valence-electron chi connectivity index (χ2n) is 4.47. The molecule has 1 aromatic carbocycles. The lowest BCUT2D eigenvalue weighted by Crippen LogP contribution is -2.25. The molecule has 0 radical (unpaired) electrons. The second kappa shape index (κ2) is 7.05. The van der Waals surface area contributed by atoms with Gasteiger partial charge in [0.2, 0.25) is 0 Å². The van der Waals surface area contributed by atoms with Crippen LogP contribution in [-0.2, 0) is 13.0 Å². The summed E-state index contributed by atoms with van der Waals surface area (Å²) in [5.74, 6) is 1.15. The lowest BCUT2D eigenvalue weighted by molar-refractivity contribution is 0.520. The fraction of sp³-hybridized carbons (Fsp3) is 0.400. The molecule has 0 aliphatic carbocycles. The lowest BCUT2D eigenvalue weighted by atomic mass is 10.0. The number of halogens is 1. The van der Waals surface area contributed by atoms with Gasteiger partial charge in [-0.3, -0.25) is 0 Å². The molecule has 1 aromatic heterocycles. The van der Waals surface area contributed by atoms with E-state index in [1.165, 1.54) is 9.13 Å². The summed E-state index contributed by atoms with van der Waals surface area (Å²) in [4.78, 5) is 4.48. The third kappa shape index (κ3) is 3.57. The molecular formula is C15H20IN3. The zero-order valence-corrected chi connectivity index (χ0v) is 13.6. The first kappa shape index (κ1) is 14.5. The van der Waals surface area contributed by atoms with Crippen LogP contribution in [0.25, 0.3) is 0 Å². The molecule has 0 aliphatic heterocycles. The van der Waals surface area contributed by atoms with E-state index in [9.17, 15) is 0 Å². The van der Waals surface area contributed by atoms with Gasteiger partial charge in [0.05, 0.1) is 0 Å². The van der Waals surface area contributed by atoms with Crippen molar-refractivity contribution < 1.29 is 0 Å². The molecule has 1 unspecified atom stereocenters. The van der Waals surface area contributed by atoms with E-state index in [1.54, 1.807) is 0 Å². The third-order valence-corrected chi connectivity index (χ3v) is 4.24. The Kier molecular flexibility index (Phi) is 5.39. The van der Waals surface area contributed by atoms with Crippen molar-refractivity contribution in [1.29, 1.82) is 0 Å². The maximum Gasteiger partial charge on any atom is 0.110 e. The largest absolute Gasteiger partial charge is 0.335 e. The average molecular weight is 369 g/mol. The fourth-order valence-corrected chi connectivity index (χ4v) is 3.06. The summed E-state index contributed by atoms with van der Waals surface area (Å²) in [6.07, 6.45) is 4.86. The highest BCUT2D eigenvalue weighted by atomic mass is 127. The number of rotatable bonds is 6. The fourth-order valence-electron chi connectivity index (χ4n) is 2.30. The van der Waals surface area contributed by atoms with E-state index < -0.39 is 0 Å². The van der Waals surface area contributed by atoms with Crippen molar-refractivity contribution in [3.63, 3.8) is 0 Å². The van der Waals surface area contributed by atoms with Gasteiger partial charge < -0.3 is 9.88 Å². The molecule has 0 aliphatic rings. The predicted molar refractivity (Wildman–Crippen MR) is 87.2 cm³/mol. The van der Waals surface area contributed by atoms with Crippen LogP contribution in [0.2, 0.25) is 0 Å². The van der Waals surface area contributed by atoms with E-state index in [1.807, 2.05) is 12.4 Å². The van der Waals surface area contributed by atoms with E-state index in [0.717, 1.165) is 25.3 Å². The number of likely N-dealkylation sites (N-methyl/N-ethyl adjacent to an activating group) is 1. The number of imidazole rings is 1. The van der Waals surface area contributed by atoms with Crippen molar-refractivity contribution >= 4 is 22.6 Å². The first-order valence-corrected chi connectivity index (χ1v) is 7.82. The molecule has 1 N–H and O–H groups in total. The SMILES string of the molecule is CCNC(Cc1nccn1CC)c1ccccc1I. The molecular weight excluding hydrogens is 349 g/mol. The molecule has 2 aromatic rings. The van der Waals surface area contributed by atoms with Crippen LogP contribution >= 0.6 is 22.6 Å². The summed E-state index contributed by atoms with van der Waals surface area (Å²) >= 11 is 2.41. The summed E-state index contributed by atoms with van der Waals surface area (Å²) < 4.78 is 3.51. The van der Waals surface area contributed by atoms with Crippen LogP contribution in [0.4, 0.5) is 0 Å². The van der Waals surface area contributed by atoms with Crippen molar-refractivity contribution in [3.8, 4) is 0 Å². The summed E-state index contributed by atoms with van der Waals surface area (Å²) in [5.41, 5.74) is 1.36. The first-order valence-electron chi connectivity index (χ1n) is 6.74. The van der Waals surface area contributed by atoms with Crippen molar-refractivity contribution in [2.45, 2.75) is 32.9 Å². The van der Waals surface area contributed by atoms with Gasteiger partial charge in [0.15, 0.2) is 0 Å². The van der Waals surface area contributed by atoms with Crippen LogP contribution < -0.4 is 5.32 Å². The minimum Gasteiger partial charge on any atom is -0.335 e. The highest BCUT2D eigenvalue weighted by Gasteiger charge is 2.16. The Labute approximate surface area is 128 Å². The van der Waals surface area contributed by atoms with E-state index >= 15 is 0 Å². The molecule has 19 heavy (non-hydrogen) atoms. The van der Waals surface area contributed by atoms with Gasteiger partial charge >= 0.3 is 0 Å². The number of hydrogen-bond acceptors (Lipinski definition) is 2.